The van der Waals surface area contributed by atoms with Crippen LogP contribution in [-0.4, -0.2) is 25.4 Å². The molecule has 2 aliphatic heterocycles. The SMILES string of the molecule is N#CCCCC1(O)CC2CCCC(C1)S2=O. The molecular formula is C12H19NO2S. The first kappa shape index (κ1) is 12.1. The molecule has 2 atom stereocenters. The molecule has 2 rings (SSSR count). The summed E-state index contributed by atoms with van der Waals surface area (Å²) in [5, 5.41) is 19.4. The second-order valence-corrected chi connectivity index (χ2v) is 7.14. The minimum Gasteiger partial charge on any atom is -0.390 e. The Balaban J connectivity index is 1.97. The van der Waals surface area contributed by atoms with Crippen LogP contribution >= 0.6 is 0 Å². The van der Waals surface area contributed by atoms with Crippen molar-refractivity contribution in [1.82, 2.24) is 0 Å². The second-order valence-electron chi connectivity index (χ2n) is 5.15. The van der Waals surface area contributed by atoms with Crippen molar-refractivity contribution in [3.63, 3.8) is 0 Å². The molecule has 0 aromatic rings. The summed E-state index contributed by atoms with van der Waals surface area (Å²) in [4.78, 5) is 0. The molecule has 0 saturated carbocycles. The van der Waals surface area contributed by atoms with Crippen LogP contribution in [0.3, 0.4) is 0 Å². The fourth-order valence-corrected chi connectivity index (χ4v) is 5.37. The minimum absolute atomic E-state index is 0.208. The first-order valence-corrected chi connectivity index (χ1v) is 7.41. The molecule has 16 heavy (non-hydrogen) atoms. The Morgan fingerprint density at radius 1 is 1.38 bits per heavy atom. The summed E-state index contributed by atoms with van der Waals surface area (Å²) in [5.74, 6) is 0. The van der Waals surface area contributed by atoms with Gasteiger partial charge in [-0.25, -0.2) is 0 Å². The first-order valence-electron chi connectivity index (χ1n) is 6.13. The van der Waals surface area contributed by atoms with Gasteiger partial charge >= 0.3 is 0 Å². The zero-order valence-electron chi connectivity index (χ0n) is 9.52. The first-order chi connectivity index (χ1) is 7.64. The van der Waals surface area contributed by atoms with Gasteiger partial charge in [-0.1, -0.05) is 6.42 Å². The quantitative estimate of drug-likeness (QED) is 0.767. The Morgan fingerprint density at radius 3 is 2.56 bits per heavy atom. The zero-order chi connectivity index (χ0) is 11.6. The summed E-state index contributed by atoms with van der Waals surface area (Å²) in [6.45, 7) is 0. The Morgan fingerprint density at radius 2 is 2.00 bits per heavy atom. The molecule has 4 heteroatoms. The van der Waals surface area contributed by atoms with Gasteiger partial charge in [0, 0.05) is 27.7 Å². The number of aliphatic hydroxyl groups is 1. The fourth-order valence-electron chi connectivity index (χ4n) is 3.08. The molecule has 2 fully saturated rings. The van der Waals surface area contributed by atoms with Crippen LogP contribution in [0, 0.1) is 11.3 Å². The van der Waals surface area contributed by atoms with E-state index in [1.54, 1.807) is 0 Å². The molecule has 0 amide bonds. The van der Waals surface area contributed by atoms with Crippen LogP contribution in [0.4, 0.5) is 0 Å². The highest BCUT2D eigenvalue weighted by molar-refractivity contribution is 7.86. The third-order valence-electron chi connectivity index (χ3n) is 3.86. The van der Waals surface area contributed by atoms with Gasteiger partial charge in [-0.2, -0.15) is 5.26 Å². The van der Waals surface area contributed by atoms with Crippen molar-refractivity contribution in [2.75, 3.05) is 0 Å². The van der Waals surface area contributed by atoms with Crippen LogP contribution in [0.2, 0.25) is 0 Å². The van der Waals surface area contributed by atoms with Crippen molar-refractivity contribution < 1.29 is 9.32 Å². The molecule has 0 spiro atoms. The van der Waals surface area contributed by atoms with E-state index in [1.165, 1.54) is 0 Å². The molecule has 0 aliphatic carbocycles. The van der Waals surface area contributed by atoms with E-state index in [0.717, 1.165) is 25.7 Å². The van der Waals surface area contributed by atoms with Crippen LogP contribution in [0.1, 0.15) is 51.4 Å². The highest BCUT2D eigenvalue weighted by Crippen LogP contribution is 2.41. The number of fused-ring (bicyclic) bond motifs is 2. The summed E-state index contributed by atoms with van der Waals surface area (Å²) in [6, 6.07) is 2.11. The van der Waals surface area contributed by atoms with E-state index in [2.05, 4.69) is 6.07 Å². The van der Waals surface area contributed by atoms with Crippen LogP contribution in [-0.2, 0) is 10.8 Å². The van der Waals surface area contributed by atoms with Crippen molar-refractivity contribution in [2.24, 2.45) is 0 Å². The molecule has 0 radical (unpaired) electrons. The number of hydrogen-bond acceptors (Lipinski definition) is 3. The predicted molar refractivity (Wildman–Crippen MR) is 63.2 cm³/mol. The van der Waals surface area contributed by atoms with E-state index in [9.17, 15) is 9.32 Å². The van der Waals surface area contributed by atoms with Crippen molar-refractivity contribution in [3.8, 4) is 6.07 Å². The lowest BCUT2D eigenvalue weighted by Crippen LogP contribution is -2.48. The summed E-state index contributed by atoms with van der Waals surface area (Å²) in [7, 11) is -0.715. The van der Waals surface area contributed by atoms with Gasteiger partial charge < -0.3 is 5.11 Å². The normalized spacial score (nSPS) is 42.6. The smallest absolute Gasteiger partial charge is 0.0671 e. The third kappa shape index (κ3) is 2.46. The van der Waals surface area contributed by atoms with Crippen molar-refractivity contribution in [3.05, 3.63) is 0 Å². The molecule has 2 saturated heterocycles. The van der Waals surface area contributed by atoms with E-state index < -0.39 is 16.4 Å². The molecule has 90 valence electrons. The number of rotatable bonds is 3. The zero-order valence-corrected chi connectivity index (χ0v) is 10.3. The second kappa shape index (κ2) is 4.85. The van der Waals surface area contributed by atoms with Crippen LogP contribution in [0.25, 0.3) is 0 Å². The van der Waals surface area contributed by atoms with E-state index in [4.69, 9.17) is 5.26 Å². The van der Waals surface area contributed by atoms with Crippen molar-refractivity contribution in [1.29, 1.82) is 5.26 Å². The summed E-state index contributed by atoms with van der Waals surface area (Å²) in [5.41, 5.74) is -0.638. The molecule has 2 bridgehead atoms. The average molecular weight is 241 g/mol. The molecule has 2 unspecified atom stereocenters. The molecule has 0 aromatic heterocycles. The van der Waals surface area contributed by atoms with Crippen molar-refractivity contribution >= 4 is 10.8 Å². The molecule has 1 N–H and O–H groups in total. The van der Waals surface area contributed by atoms with Gasteiger partial charge in [-0.3, -0.25) is 4.21 Å². The highest BCUT2D eigenvalue weighted by atomic mass is 32.2. The van der Waals surface area contributed by atoms with Gasteiger partial charge in [-0.05, 0) is 38.5 Å². The standard InChI is InChI=1S/C12H19NO2S/c13-7-2-1-6-12(14)8-10-4-3-5-11(9-12)16(10)15/h10-11,14H,1-6,8-9H2. The minimum atomic E-state index is -0.715. The van der Waals surface area contributed by atoms with E-state index >= 15 is 0 Å². The fraction of sp³-hybridized carbons (Fsp3) is 0.917. The maximum atomic E-state index is 12.0. The average Bonchev–Trinajstić information content (AvgIpc) is 2.21. The van der Waals surface area contributed by atoms with Crippen LogP contribution in [0.15, 0.2) is 0 Å². The Bertz CT molecular complexity index is 307. The molecule has 2 aliphatic rings. The largest absolute Gasteiger partial charge is 0.390 e. The molecule has 2 heterocycles. The third-order valence-corrected chi connectivity index (χ3v) is 5.97. The lowest BCUT2D eigenvalue weighted by Gasteiger charge is -2.43. The van der Waals surface area contributed by atoms with Crippen molar-refractivity contribution in [2.45, 2.75) is 67.5 Å². The molecule has 0 aromatic carbocycles. The number of unbranched alkanes of at least 4 members (excludes halogenated alkanes) is 1. The highest BCUT2D eigenvalue weighted by Gasteiger charge is 2.44. The van der Waals surface area contributed by atoms with Gasteiger partial charge in [0.15, 0.2) is 0 Å². The van der Waals surface area contributed by atoms with Gasteiger partial charge in [0.05, 0.1) is 11.7 Å². The van der Waals surface area contributed by atoms with Crippen LogP contribution in [0.5, 0.6) is 0 Å². The number of hydrogen-bond donors (Lipinski definition) is 1. The van der Waals surface area contributed by atoms with E-state index in [-0.39, 0.29) is 10.5 Å². The van der Waals surface area contributed by atoms with Gasteiger partial charge in [0.1, 0.15) is 0 Å². The Labute approximate surface area is 99.3 Å². The van der Waals surface area contributed by atoms with E-state index in [0.29, 0.717) is 25.7 Å². The molecule has 3 nitrogen and oxygen atoms in total. The Kier molecular flexibility index (Phi) is 3.66. The Hall–Kier alpha value is -0.400. The lowest BCUT2D eigenvalue weighted by atomic mass is 9.82. The summed E-state index contributed by atoms with van der Waals surface area (Å²) in [6.07, 6.45) is 6.51. The van der Waals surface area contributed by atoms with Gasteiger partial charge in [0.2, 0.25) is 0 Å². The maximum absolute atomic E-state index is 12.0. The number of nitrogens with zero attached hydrogens (tertiary/aromatic N) is 1. The maximum Gasteiger partial charge on any atom is 0.0671 e. The van der Waals surface area contributed by atoms with Gasteiger partial charge in [-0.15, -0.1) is 0 Å². The predicted octanol–water partition coefficient (Wildman–Crippen LogP) is 1.87. The summed E-state index contributed by atoms with van der Waals surface area (Å²) < 4.78 is 12.0. The monoisotopic (exact) mass is 241 g/mol. The van der Waals surface area contributed by atoms with Crippen LogP contribution < -0.4 is 0 Å². The molecular weight excluding hydrogens is 222 g/mol. The van der Waals surface area contributed by atoms with E-state index in [1.807, 2.05) is 0 Å². The summed E-state index contributed by atoms with van der Waals surface area (Å²) >= 11 is 0. The lowest BCUT2D eigenvalue weighted by molar-refractivity contribution is 0.00174. The topological polar surface area (TPSA) is 61.1 Å². The number of nitriles is 1. The van der Waals surface area contributed by atoms with Gasteiger partial charge in [0.25, 0.3) is 0 Å².